The highest BCUT2D eigenvalue weighted by Gasteiger charge is 2.18. The fraction of sp³-hybridized carbons (Fsp3) is 0.133. The van der Waals surface area contributed by atoms with E-state index in [-0.39, 0.29) is 0 Å². The van der Waals surface area contributed by atoms with E-state index >= 15 is 0 Å². The predicted molar refractivity (Wildman–Crippen MR) is 79.4 cm³/mol. The van der Waals surface area contributed by atoms with Gasteiger partial charge in [-0.1, -0.05) is 18.2 Å². The molecule has 0 saturated heterocycles. The molecule has 1 aromatic heterocycles. The first-order valence-corrected chi connectivity index (χ1v) is 6.34. The number of aryl methyl sites for hydroxylation is 1. The molecule has 0 bridgehead atoms. The molecule has 0 aliphatic rings. The number of carbonyl (C=O) groups excluding carboxylic acids is 1. The van der Waals surface area contributed by atoms with Gasteiger partial charge in [0.05, 0.1) is 11.9 Å². The number of carboxylic acid groups (broad SMARTS) is 1. The maximum Gasteiger partial charge on any atom is 0.326 e. The second-order valence-electron chi connectivity index (χ2n) is 4.43. The zero-order chi connectivity index (χ0) is 15.2. The van der Waals surface area contributed by atoms with Crippen LogP contribution in [-0.4, -0.2) is 28.6 Å². The number of urea groups is 1. The van der Waals surface area contributed by atoms with Crippen LogP contribution in [0, 0.1) is 6.92 Å². The van der Waals surface area contributed by atoms with E-state index in [0.717, 1.165) is 10.6 Å². The van der Waals surface area contributed by atoms with Gasteiger partial charge < -0.3 is 10.4 Å². The van der Waals surface area contributed by atoms with Crippen LogP contribution in [0.25, 0.3) is 0 Å². The van der Waals surface area contributed by atoms with Gasteiger partial charge in [0.15, 0.2) is 0 Å². The Bertz CT molecular complexity index is 626. The van der Waals surface area contributed by atoms with Crippen LogP contribution in [0.5, 0.6) is 0 Å². The minimum absolute atomic E-state index is 0.421. The molecule has 108 valence electrons. The molecule has 6 nitrogen and oxygen atoms in total. The number of carboxylic acids is 1. The molecule has 0 unspecified atom stereocenters. The highest BCUT2D eigenvalue weighted by Crippen LogP contribution is 2.15. The molecule has 0 atom stereocenters. The van der Waals surface area contributed by atoms with Gasteiger partial charge in [-0.3, -0.25) is 14.7 Å². The van der Waals surface area contributed by atoms with Crippen LogP contribution in [-0.2, 0) is 4.79 Å². The third kappa shape index (κ3) is 4.04. The first-order chi connectivity index (χ1) is 10.1. The van der Waals surface area contributed by atoms with Crippen molar-refractivity contribution in [2.24, 2.45) is 0 Å². The quantitative estimate of drug-likeness (QED) is 0.904. The normalized spacial score (nSPS) is 9.95. The molecule has 0 spiro atoms. The Morgan fingerprint density at radius 3 is 2.48 bits per heavy atom. The Morgan fingerprint density at radius 1 is 1.19 bits per heavy atom. The molecule has 2 rings (SSSR count). The lowest BCUT2D eigenvalue weighted by Crippen LogP contribution is -2.38. The topological polar surface area (TPSA) is 82.5 Å². The van der Waals surface area contributed by atoms with Crippen LogP contribution in [0.15, 0.2) is 48.7 Å². The van der Waals surface area contributed by atoms with Gasteiger partial charge in [-0.25, -0.2) is 4.79 Å². The average molecular weight is 285 g/mol. The molecule has 0 saturated carbocycles. The minimum Gasteiger partial charge on any atom is -0.480 e. The van der Waals surface area contributed by atoms with Gasteiger partial charge in [0.1, 0.15) is 6.54 Å². The monoisotopic (exact) mass is 285 g/mol. The lowest BCUT2D eigenvalue weighted by Gasteiger charge is -2.21. The maximum atomic E-state index is 12.3. The van der Waals surface area contributed by atoms with E-state index in [9.17, 15) is 9.59 Å². The van der Waals surface area contributed by atoms with Gasteiger partial charge >= 0.3 is 12.0 Å². The van der Waals surface area contributed by atoms with Crippen molar-refractivity contribution in [2.75, 3.05) is 16.8 Å². The Kier molecular flexibility index (Phi) is 4.50. The SMILES string of the molecule is Cc1ccc(NC(=O)N(CC(=O)O)c2ccccc2)cn1. The zero-order valence-corrected chi connectivity index (χ0v) is 11.5. The van der Waals surface area contributed by atoms with Crippen molar-refractivity contribution in [3.63, 3.8) is 0 Å². The van der Waals surface area contributed by atoms with Crippen LogP contribution in [0.4, 0.5) is 16.2 Å². The van der Waals surface area contributed by atoms with Gasteiger partial charge in [-0.15, -0.1) is 0 Å². The largest absolute Gasteiger partial charge is 0.480 e. The Labute approximate surface area is 122 Å². The van der Waals surface area contributed by atoms with Gasteiger partial charge in [-0.2, -0.15) is 0 Å². The summed E-state index contributed by atoms with van der Waals surface area (Å²) < 4.78 is 0. The fourth-order valence-corrected chi connectivity index (χ4v) is 1.76. The summed E-state index contributed by atoms with van der Waals surface area (Å²) in [4.78, 5) is 28.4. The number of nitrogens with zero attached hydrogens (tertiary/aromatic N) is 2. The zero-order valence-electron chi connectivity index (χ0n) is 11.5. The fourth-order valence-electron chi connectivity index (χ4n) is 1.76. The summed E-state index contributed by atoms with van der Waals surface area (Å²) in [5.41, 5.74) is 1.85. The number of benzene rings is 1. The van der Waals surface area contributed by atoms with Gasteiger partial charge in [0.2, 0.25) is 0 Å². The number of anilines is 2. The number of amides is 2. The third-order valence-electron chi connectivity index (χ3n) is 2.77. The number of rotatable bonds is 4. The highest BCUT2D eigenvalue weighted by molar-refractivity contribution is 6.04. The summed E-state index contributed by atoms with van der Waals surface area (Å²) in [7, 11) is 0. The molecule has 2 aromatic rings. The van der Waals surface area contributed by atoms with E-state index in [0.29, 0.717) is 11.4 Å². The molecule has 1 aromatic carbocycles. The van der Waals surface area contributed by atoms with E-state index in [2.05, 4.69) is 10.3 Å². The van der Waals surface area contributed by atoms with Crippen molar-refractivity contribution in [1.29, 1.82) is 0 Å². The number of nitrogens with one attached hydrogen (secondary N) is 1. The maximum absolute atomic E-state index is 12.3. The van der Waals surface area contributed by atoms with E-state index in [1.165, 1.54) is 6.20 Å². The second-order valence-corrected chi connectivity index (χ2v) is 4.43. The van der Waals surface area contributed by atoms with Crippen molar-refractivity contribution < 1.29 is 14.7 Å². The molecule has 2 amide bonds. The lowest BCUT2D eigenvalue weighted by atomic mass is 10.3. The van der Waals surface area contributed by atoms with Crippen LogP contribution in [0.2, 0.25) is 0 Å². The van der Waals surface area contributed by atoms with E-state index in [4.69, 9.17) is 5.11 Å². The molecule has 0 aliphatic carbocycles. The second kappa shape index (κ2) is 6.51. The van der Waals surface area contributed by atoms with Crippen molar-refractivity contribution in [1.82, 2.24) is 4.98 Å². The smallest absolute Gasteiger partial charge is 0.326 e. The molecule has 6 heteroatoms. The van der Waals surface area contributed by atoms with Crippen molar-refractivity contribution >= 4 is 23.4 Å². The summed E-state index contributed by atoms with van der Waals surface area (Å²) in [6.07, 6.45) is 1.52. The molecule has 1 heterocycles. The van der Waals surface area contributed by atoms with Crippen LogP contribution >= 0.6 is 0 Å². The molecule has 0 radical (unpaired) electrons. The number of hydrogen-bond acceptors (Lipinski definition) is 3. The molecular weight excluding hydrogens is 270 g/mol. The number of carbonyl (C=O) groups is 2. The summed E-state index contributed by atoms with van der Waals surface area (Å²) in [5, 5.41) is 11.6. The molecule has 2 N–H and O–H groups in total. The van der Waals surface area contributed by atoms with Crippen molar-refractivity contribution in [3.05, 3.63) is 54.4 Å². The Morgan fingerprint density at radius 2 is 1.90 bits per heavy atom. The predicted octanol–water partition coefficient (Wildman–Crippen LogP) is 2.51. The summed E-state index contributed by atoms with van der Waals surface area (Å²) >= 11 is 0. The standard InChI is InChI=1S/C15H15N3O3/c1-11-7-8-12(9-16-11)17-15(21)18(10-14(19)20)13-5-3-2-4-6-13/h2-9H,10H2,1H3,(H,17,21)(H,19,20). The van der Waals surface area contributed by atoms with Crippen LogP contribution < -0.4 is 10.2 Å². The van der Waals surface area contributed by atoms with Gasteiger partial charge in [0, 0.05) is 11.4 Å². The van der Waals surface area contributed by atoms with Crippen molar-refractivity contribution in [3.8, 4) is 0 Å². The summed E-state index contributed by atoms with van der Waals surface area (Å²) in [6, 6.07) is 11.6. The number of aliphatic carboxylic acids is 1. The van der Waals surface area contributed by atoms with E-state index < -0.39 is 18.5 Å². The molecule has 0 fully saturated rings. The Balaban J connectivity index is 2.18. The van der Waals surface area contributed by atoms with Crippen LogP contribution in [0.1, 0.15) is 5.69 Å². The highest BCUT2D eigenvalue weighted by atomic mass is 16.4. The van der Waals surface area contributed by atoms with Gasteiger partial charge in [-0.05, 0) is 31.2 Å². The molecule has 21 heavy (non-hydrogen) atoms. The average Bonchev–Trinajstić information content (AvgIpc) is 2.48. The summed E-state index contributed by atoms with van der Waals surface area (Å²) in [5.74, 6) is -1.09. The molecule has 0 aliphatic heterocycles. The number of para-hydroxylation sites is 1. The van der Waals surface area contributed by atoms with E-state index in [1.54, 1.807) is 42.5 Å². The van der Waals surface area contributed by atoms with Crippen LogP contribution in [0.3, 0.4) is 0 Å². The van der Waals surface area contributed by atoms with Gasteiger partial charge in [0.25, 0.3) is 0 Å². The molecular formula is C15H15N3O3. The lowest BCUT2D eigenvalue weighted by molar-refractivity contribution is -0.135. The Hall–Kier alpha value is -2.89. The number of hydrogen-bond donors (Lipinski definition) is 2. The number of pyridine rings is 1. The van der Waals surface area contributed by atoms with E-state index in [1.807, 2.05) is 6.92 Å². The first-order valence-electron chi connectivity index (χ1n) is 6.34. The minimum atomic E-state index is -1.09. The third-order valence-corrected chi connectivity index (χ3v) is 2.77. The summed E-state index contributed by atoms with van der Waals surface area (Å²) in [6.45, 7) is 1.42. The number of aromatic nitrogens is 1. The first kappa shape index (κ1) is 14.5. The van der Waals surface area contributed by atoms with Crippen molar-refractivity contribution in [2.45, 2.75) is 6.92 Å².